The lowest BCUT2D eigenvalue weighted by atomic mass is 10.3. The fourth-order valence-electron chi connectivity index (χ4n) is 1.73. The molecule has 0 radical (unpaired) electrons. The maximum absolute atomic E-state index is 12.5. The van der Waals surface area contributed by atoms with Crippen LogP contribution in [0, 0.1) is 0 Å². The highest BCUT2D eigenvalue weighted by Gasteiger charge is 2.35. The minimum Gasteiger partial charge on any atom is -0.395 e. The Labute approximate surface area is 126 Å². The minimum absolute atomic E-state index is 0.221. The first-order chi connectivity index (χ1) is 8.46. The number of ether oxygens (including phenoxy) is 1. The molecular weight excluding hydrogens is 410 g/mol. The number of morpholine rings is 1. The molecule has 0 spiro atoms. The van der Waals surface area contributed by atoms with Gasteiger partial charge in [-0.1, -0.05) is 0 Å². The first kappa shape index (κ1) is 14.9. The monoisotopic (exact) mass is 419 g/mol. The second-order valence-electron chi connectivity index (χ2n) is 3.72. The van der Waals surface area contributed by atoms with E-state index in [-0.39, 0.29) is 24.7 Å². The van der Waals surface area contributed by atoms with Crippen molar-refractivity contribution in [1.82, 2.24) is 4.31 Å². The Morgan fingerprint density at radius 1 is 1.56 bits per heavy atom. The van der Waals surface area contributed by atoms with E-state index < -0.39 is 16.1 Å². The lowest BCUT2D eigenvalue weighted by Crippen LogP contribution is -2.50. The molecule has 1 N–H and O–H groups in total. The number of aliphatic hydroxyl groups excluding tert-OH is 1. The van der Waals surface area contributed by atoms with Gasteiger partial charge in [0.25, 0.3) is 0 Å². The van der Waals surface area contributed by atoms with Gasteiger partial charge in [0, 0.05) is 6.54 Å². The van der Waals surface area contributed by atoms with Gasteiger partial charge in [0.15, 0.2) is 0 Å². The highest BCUT2D eigenvalue weighted by Crippen LogP contribution is 2.36. The number of nitrogens with zero attached hydrogens (tertiary/aromatic N) is 1. The molecule has 0 aromatic carbocycles. The van der Waals surface area contributed by atoms with E-state index >= 15 is 0 Å². The number of hydrogen-bond donors (Lipinski definition) is 1. The Hall–Kier alpha value is 0.490. The third-order valence-corrected chi connectivity index (χ3v) is 7.30. The SMILES string of the molecule is O=S(=O)(c1cc(Br)sc1Br)N1CCOCC1CO. The molecule has 2 heterocycles. The highest BCUT2D eigenvalue weighted by molar-refractivity contribution is 9.12. The van der Waals surface area contributed by atoms with Gasteiger partial charge in [-0.3, -0.25) is 0 Å². The zero-order valence-electron chi connectivity index (χ0n) is 9.17. The maximum Gasteiger partial charge on any atom is 0.245 e. The molecule has 1 atom stereocenters. The number of hydrogen-bond acceptors (Lipinski definition) is 5. The van der Waals surface area contributed by atoms with Crippen molar-refractivity contribution < 1.29 is 18.3 Å². The van der Waals surface area contributed by atoms with Crippen LogP contribution in [0.5, 0.6) is 0 Å². The number of thiophene rings is 1. The Morgan fingerprint density at radius 2 is 2.28 bits per heavy atom. The summed E-state index contributed by atoms with van der Waals surface area (Å²) in [5.41, 5.74) is 0. The maximum atomic E-state index is 12.5. The van der Waals surface area contributed by atoms with Crippen LogP contribution in [0.4, 0.5) is 0 Å². The average molecular weight is 421 g/mol. The van der Waals surface area contributed by atoms with E-state index in [1.165, 1.54) is 15.6 Å². The summed E-state index contributed by atoms with van der Waals surface area (Å²) >= 11 is 7.82. The first-order valence-electron chi connectivity index (χ1n) is 5.12. The molecule has 1 aliphatic rings. The summed E-state index contributed by atoms with van der Waals surface area (Å²) in [6, 6.07) is 1.04. The van der Waals surface area contributed by atoms with Gasteiger partial charge in [0.1, 0.15) is 4.90 Å². The third kappa shape index (κ3) is 2.82. The first-order valence-corrected chi connectivity index (χ1v) is 8.96. The van der Waals surface area contributed by atoms with Gasteiger partial charge in [-0.05, 0) is 37.9 Å². The minimum atomic E-state index is -3.61. The summed E-state index contributed by atoms with van der Waals surface area (Å²) in [6.07, 6.45) is 0. The standard InChI is InChI=1S/C9H11Br2NO4S2/c10-8-3-7(9(11)17-8)18(14,15)12-1-2-16-5-6(12)4-13/h3,6,13H,1-2,4-5H2. The molecule has 5 nitrogen and oxygen atoms in total. The Balaban J connectivity index is 2.38. The van der Waals surface area contributed by atoms with E-state index in [1.54, 1.807) is 6.07 Å². The fraction of sp³-hybridized carbons (Fsp3) is 0.556. The van der Waals surface area contributed by atoms with Crippen LogP contribution >= 0.6 is 43.2 Å². The number of aliphatic hydroxyl groups is 1. The molecule has 1 aromatic rings. The van der Waals surface area contributed by atoms with Crippen molar-refractivity contribution in [3.63, 3.8) is 0 Å². The Morgan fingerprint density at radius 3 is 2.83 bits per heavy atom. The number of halogens is 2. The van der Waals surface area contributed by atoms with E-state index in [9.17, 15) is 13.5 Å². The van der Waals surface area contributed by atoms with Crippen LogP contribution in [0.3, 0.4) is 0 Å². The lowest BCUT2D eigenvalue weighted by Gasteiger charge is -2.33. The molecule has 1 unspecified atom stereocenters. The molecule has 1 saturated heterocycles. The van der Waals surface area contributed by atoms with Crippen LogP contribution in [0.1, 0.15) is 0 Å². The summed E-state index contributed by atoms with van der Waals surface area (Å²) in [6.45, 7) is 0.576. The van der Waals surface area contributed by atoms with Gasteiger partial charge in [-0.25, -0.2) is 8.42 Å². The lowest BCUT2D eigenvalue weighted by molar-refractivity contribution is 0.0109. The summed E-state index contributed by atoms with van der Waals surface area (Å²) in [5, 5.41) is 9.24. The molecule has 18 heavy (non-hydrogen) atoms. The zero-order valence-corrected chi connectivity index (χ0v) is 14.0. The average Bonchev–Trinajstić information content (AvgIpc) is 2.69. The highest BCUT2D eigenvalue weighted by atomic mass is 79.9. The van der Waals surface area contributed by atoms with Crippen molar-refractivity contribution >= 4 is 53.2 Å². The largest absolute Gasteiger partial charge is 0.395 e. The van der Waals surface area contributed by atoms with Gasteiger partial charge in [0.05, 0.1) is 33.4 Å². The predicted octanol–water partition coefficient (Wildman–Crippen LogP) is 1.65. The van der Waals surface area contributed by atoms with E-state index in [4.69, 9.17) is 4.74 Å². The molecule has 1 aromatic heterocycles. The molecular formula is C9H11Br2NO4S2. The van der Waals surface area contributed by atoms with Crippen molar-refractivity contribution in [2.24, 2.45) is 0 Å². The number of sulfonamides is 1. The van der Waals surface area contributed by atoms with Gasteiger partial charge in [-0.2, -0.15) is 4.31 Å². The van der Waals surface area contributed by atoms with Gasteiger partial charge >= 0.3 is 0 Å². The molecule has 0 amide bonds. The van der Waals surface area contributed by atoms with Gasteiger partial charge in [-0.15, -0.1) is 11.3 Å². The van der Waals surface area contributed by atoms with E-state index in [0.29, 0.717) is 10.4 Å². The van der Waals surface area contributed by atoms with Crippen molar-refractivity contribution in [3.05, 3.63) is 13.6 Å². The molecule has 2 rings (SSSR count). The molecule has 9 heteroatoms. The molecule has 0 bridgehead atoms. The predicted molar refractivity (Wildman–Crippen MR) is 75.3 cm³/mol. The second-order valence-corrected chi connectivity index (χ2v) is 9.32. The molecule has 0 aliphatic carbocycles. The van der Waals surface area contributed by atoms with Crippen molar-refractivity contribution in [1.29, 1.82) is 0 Å². The summed E-state index contributed by atoms with van der Waals surface area (Å²) in [7, 11) is -3.61. The summed E-state index contributed by atoms with van der Waals surface area (Å²) in [5.74, 6) is 0. The quantitative estimate of drug-likeness (QED) is 0.807. The van der Waals surface area contributed by atoms with Crippen LogP contribution in [0.15, 0.2) is 18.5 Å². The van der Waals surface area contributed by atoms with Crippen LogP contribution in [-0.2, 0) is 14.8 Å². The molecule has 1 fully saturated rings. The topological polar surface area (TPSA) is 66.8 Å². The Bertz CT molecular complexity index is 531. The van der Waals surface area contributed by atoms with Crippen LogP contribution in [0.2, 0.25) is 0 Å². The van der Waals surface area contributed by atoms with Crippen LogP contribution in [-0.4, -0.2) is 50.2 Å². The third-order valence-electron chi connectivity index (χ3n) is 2.60. The Kier molecular flexibility index (Phi) is 4.85. The fourth-order valence-corrected chi connectivity index (χ4v) is 7.08. The smallest absolute Gasteiger partial charge is 0.245 e. The molecule has 0 saturated carbocycles. The molecule has 1 aliphatic heterocycles. The van der Waals surface area contributed by atoms with Crippen molar-refractivity contribution in [2.75, 3.05) is 26.4 Å². The van der Waals surface area contributed by atoms with Gasteiger partial charge in [0.2, 0.25) is 10.0 Å². The van der Waals surface area contributed by atoms with Crippen LogP contribution < -0.4 is 0 Å². The van der Waals surface area contributed by atoms with Crippen molar-refractivity contribution in [2.45, 2.75) is 10.9 Å². The van der Waals surface area contributed by atoms with Gasteiger partial charge < -0.3 is 9.84 Å². The van der Waals surface area contributed by atoms with E-state index in [0.717, 1.165) is 3.79 Å². The number of rotatable bonds is 3. The second kappa shape index (κ2) is 5.86. The molecule has 102 valence electrons. The zero-order chi connectivity index (χ0) is 13.3. The van der Waals surface area contributed by atoms with E-state index in [1.807, 2.05) is 0 Å². The van der Waals surface area contributed by atoms with Crippen LogP contribution in [0.25, 0.3) is 0 Å². The summed E-state index contributed by atoms with van der Waals surface area (Å²) < 4.78 is 32.8. The normalized spacial score (nSPS) is 22.3. The van der Waals surface area contributed by atoms with Crippen molar-refractivity contribution in [3.8, 4) is 0 Å². The van der Waals surface area contributed by atoms with E-state index in [2.05, 4.69) is 31.9 Å². The summed E-state index contributed by atoms with van der Waals surface area (Å²) in [4.78, 5) is 0.222.